The lowest BCUT2D eigenvalue weighted by Gasteiger charge is -2.22. The van der Waals surface area contributed by atoms with Crippen molar-refractivity contribution in [2.75, 3.05) is 24.4 Å². The molecule has 5 rings (SSSR count). The van der Waals surface area contributed by atoms with Crippen molar-refractivity contribution in [2.45, 2.75) is 51.6 Å². The lowest BCUT2D eigenvalue weighted by molar-refractivity contribution is -0.144. The van der Waals surface area contributed by atoms with E-state index in [-0.39, 0.29) is 18.5 Å². The number of tetrazole rings is 1. The molecule has 0 aliphatic carbocycles. The molecule has 0 saturated heterocycles. The number of aromatic amines is 1. The van der Waals surface area contributed by atoms with Crippen LogP contribution in [-0.2, 0) is 19.1 Å². The average Bonchev–Trinajstić information content (AvgIpc) is 3.71. The van der Waals surface area contributed by atoms with Gasteiger partial charge in [-0.2, -0.15) is 4.68 Å². The van der Waals surface area contributed by atoms with Crippen molar-refractivity contribution in [1.29, 1.82) is 0 Å². The van der Waals surface area contributed by atoms with Crippen LogP contribution in [0, 0.1) is 6.92 Å². The van der Waals surface area contributed by atoms with Crippen LogP contribution in [0.3, 0.4) is 0 Å². The number of halogens is 1. The van der Waals surface area contributed by atoms with Crippen LogP contribution in [0.25, 0.3) is 23.0 Å². The van der Waals surface area contributed by atoms with E-state index in [4.69, 9.17) is 26.1 Å². The van der Waals surface area contributed by atoms with E-state index >= 15 is 0 Å². The molecule has 0 saturated carbocycles. The fourth-order valence-corrected chi connectivity index (χ4v) is 5.39. The molecule has 46 heavy (non-hydrogen) atoms. The Morgan fingerprint density at radius 2 is 1.98 bits per heavy atom. The van der Waals surface area contributed by atoms with Gasteiger partial charge in [0.05, 0.1) is 31.1 Å². The molecule has 2 bridgehead atoms. The summed E-state index contributed by atoms with van der Waals surface area (Å²) in [5.74, 6) is -0.120. The number of nitrogens with one attached hydrogen (secondary N) is 4. The molecule has 2 amide bonds. The van der Waals surface area contributed by atoms with Crippen LogP contribution in [0.4, 0.5) is 16.2 Å². The van der Waals surface area contributed by atoms with Gasteiger partial charge in [0.15, 0.2) is 0 Å². The van der Waals surface area contributed by atoms with Crippen molar-refractivity contribution in [3.63, 3.8) is 0 Å². The van der Waals surface area contributed by atoms with Gasteiger partial charge in [-0.15, -0.1) is 5.10 Å². The number of imidazole rings is 1. The summed E-state index contributed by atoms with van der Waals surface area (Å²) < 4.78 is 11.6. The molecule has 0 fully saturated rings. The molecule has 2 atom stereocenters. The number of aromatic nitrogens is 6. The highest BCUT2D eigenvalue weighted by Gasteiger charge is 2.26. The van der Waals surface area contributed by atoms with Gasteiger partial charge in [-0.05, 0) is 79.6 Å². The second-order valence-electron chi connectivity index (χ2n) is 10.6. The summed E-state index contributed by atoms with van der Waals surface area (Å²) in [4.78, 5) is 46.4. The summed E-state index contributed by atoms with van der Waals surface area (Å²) in [6.45, 7) is 3.88. The fraction of sp³-hybridized carbons (Fsp3) is 0.323. The number of anilines is 2. The van der Waals surface area contributed by atoms with Crippen molar-refractivity contribution >= 4 is 47.0 Å². The SMILES string of the molecule is CCOC(=O)[C@@H]1CCCC[C@H](NC(=O)/C=C/c2cc(Cl)ccc2-n2cnnn2)c2nc(c(C)[nH]2)-c2ccc(NC(=O)OC)cc2N1. The fourth-order valence-electron chi connectivity index (χ4n) is 5.21. The predicted octanol–water partition coefficient (Wildman–Crippen LogP) is 4.98. The van der Waals surface area contributed by atoms with E-state index < -0.39 is 18.2 Å². The first-order chi connectivity index (χ1) is 22.2. The number of H-pyrrole nitrogens is 1. The number of aryl methyl sites for hydroxylation is 1. The minimum absolute atomic E-state index is 0.240. The second-order valence-corrected chi connectivity index (χ2v) is 11.0. The number of ether oxygens (including phenoxy) is 2. The van der Waals surface area contributed by atoms with E-state index in [1.807, 2.05) is 6.92 Å². The van der Waals surface area contributed by atoms with Crippen LogP contribution < -0.4 is 16.0 Å². The molecule has 2 aromatic carbocycles. The zero-order chi connectivity index (χ0) is 32.6. The summed E-state index contributed by atoms with van der Waals surface area (Å²) in [7, 11) is 1.28. The van der Waals surface area contributed by atoms with Crippen molar-refractivity contribution in [2.24, 2.45) is 0 Å². The number of fused-ring (bicyclic) bond motifs is 4. The van der Waals surface area contributed by atoms with Gasteiger partial charge in [0.2, 0.25) is 5.91 Å². The number of carbonyl (C=O) groups is 3. The predicted molar refractivity (Wildman–Crippen MR) is 171 cm³/mol. The maximum absolute atomic E-state index is 13.3. The van der Waals surface area contributed by atoms with Crippen LogP contribution in [0.15, 0.2) is 48.8 Å². The summed E-state index contributed by atoms with van der Waals surface area (Å²) in [5.41, 5.74) is 4.46. The number of esters is 1. The molecule has 15 heteroatoms. The molecule has 1 aliphatic rings. The smallest absolute Gasteiger partial charge is 0.411 e. The Labute approximate surface area is 269 Å². The average molecular weight is 648 g/mol. The molecule has 4 N–H and O–H groups in total. The van der Waals surface area contributed by atoms with E-state index in [0.29, 0.717) is 70.4 Å². The van der Waals surface area contributed by atoms with E-state index in [1.54, 1.807) is 49.4 Å². The third kappa shape index (κ3) is 7.69. The number of amides is 2. The van der Waals surface area contributed by atoms with E-state index in [2.05, 4.69) is 36.5 Å². The van der Waals surface area contributed by atoms with Gasteiger partial charge < -0.3 is 25.1 Å². The molecule has 2 aromatic heterocycles. The van der Waals surface area contributed by atoms with Gasteiger partial charge in [0.1, 0.15) is 18.2 Å². The highest BCUT2D eigenvalue weighted by molar-refractivity contribution is 6.30. The third-order valence-corrected chi connectivity index (χ3v) is 7.63. The summed E-state index contributed by atoms with van der Waals surface area (Å²) >= 11 is 6.23. The number of hydrogen-bond acceptors (Lipinski definition) is 10. The Morgan fingerprint density at radius 1 is 1.15 bits per heavy atom. The normalized spacial score (nSPS) is 16.3. The topological polar surface area (TPSA) is 178 Å². The molecule has 0 radical (unpaired) electrons. The highest BCUT2D eigenvalue weighted by Crippen LogP contribution is 2.35. The number of methoxy groups -OCH3 is 1. The molecule has 240 valence electrons. The van der Waals surface area contributed by atoms with Crippen LogP contribution in [0.2, 0.25) is 5.02 Å². The molecule has 0 unspecified atom stereocenters. The maximum atomic E-state index is 13.3. The Bertz CT molecular complexity index is 1740. The number of rotatable bonds is 7. The lowest BCUT2D eigenvalue weighted by atomic mass is 10.0. The standard InChI is InChI=1S/C31H34ClN9O5/c1-4-46-30(43)24-8-6-5-7-23(37-27(42)14-9-19-15-20(32)10-13-26(19)41-17-33-39-40-41)29-34-18(2)28(38-29)22-12-11-21(16-25(22)36-24)35-31(44)45-3/h9-17,23-24,36H,4-8H2,1-3H3,(H,34,38)(H,35,44)(H,37,42)/b14-9+/t23-,24-/m0/s1. The number of hydrogen-bond donors (Lipinski definition) is 4. The minimum atomic E-state index is -0.645. The van der Waals surface area contributed by atoms with Crippen molar-refractivity contribution < 1.29 is 23.9 Å². The van der Waals surface area contributed by atoms with Gasteiger partial charge in [-0.1, -0.05) is 24.4 Å². The van der Waals surface area contributed by atoms with Crippen LogP contribution in [0.5, 0.6) is 0 Å². The maximum Gasteiger partial charge on any atom is 0.411 e. The lowest BCUT2D eigenvalue weighted by Crippen LogP contribution is -2.32. The molecular weight excluding hydrogens is 614 g/mol. The molecule has 3 heterocycles. The zero-order valence-corrected chi connectivity index (χ0v) is 26.3. The minimum Gasteiger partial charge on any atom is -0.464 e. The van der Waals surface area contributed by atoms with Gasteiger partial charge in [-0.25, -0.2) is 14.6 Å². The molecular formula is C31H34ClN9O5. The second kappa shape index (κ2) is 14.7. The molecule has 4 aromatic rings. The Balaban J connectivity index is 1.45. The van der Waals surface area contributed by atoms with Crippen LogP contribution >= 0.6 is 11.6 Å². The van der Waals surface area contributed by atoms with Crippen molar-refractivity contribution in [1.82, 2.24) is 35.5 Å². The van der Waals surface area contributed by atoms with Gasteiger partial charge in [0, 0.05) is 39.3 Å². The quantitative estimate of drug-likeness (QED) is 0.158. The summed E-state index contributed by atoms with van der Waals surface area (Å²) in [5, 5.41) is 20.9. The Morgan fingerprint density at radius 3 is 2.74 bits per heavy atom. The molecule has 14 nitrogen and oxygen atoms in total. The van der Waals surface area contributed by atoms with Crippen LogP contribution in [0.1, 0.15) is 55.7 Å². The highest BCUT2D eigenvalue weighted by atomic mass is 35.5. The monoisotopic (exact) mass is 647 g/mol. The first kappa shape index (κ1) is 32.2. The van der Waals surface area contributed by atoms with E-state index in [0.717, 1.165) is 5.69 Å². The molecule has 1 aliphatic heterocycles. The first-order valence-electron chi connectivity index (χ1n) is 14.8. The van der Waals surface area contributed by atoms with Crippen molar-refractivity contribution in [3.8, 4) is 16.9 Å². The number of benzene rings is 2. The largest absolute Gasteiger partial charge is 0.464 e. The molecule has 0 spiro atoms. The number of carbonyl (C=O) groups excluding carboxylic acids is 3. The first-order valence-corrected chi connectivity index (χ1v) is 15.1. The van der Waals surface area contributed by atoms with Gasteiger partial charge in [-0.3, -0.25) is 10.1 Å². The van der Waals surface area contributed by atoms with E-state index in [9.17, 15) is 14.4 Å². The van der Waals surface area contributed by atoms with Crippen molar-refractivity contribution in [3.05, 3.63) is 70.9 Å². The Kier molecular flexibility index (Phi) is 10.3. The zero-order valence-electron chi connectivity index (χ0n) is 25.5. The number of nitrogens with zero attached hydrogens (tertiary/aromatic N) is 5. The summed E-state index contributed by atoms with van der Waals surface area (Å²) in [6.07, 6.45) is 6.33. The van der Waals surface area contributed by atoms with Crippen LogP contribution in [-0.4, -0.2) is 67.9 Å². The van der Waals surface area contributed by atoms with E-state index in [1.165, 1.54) is 24.2 Å². The van der Waals surface area contributed by atoms with Gasteiger partial charge in [0.25, 0.3) is 0 Å². The summed E-state index contributed by atoms with van der Waals surface area (Å²) in [6, 6.07) is 9.36. The van der Waals surface area contributed by atoms with Gasteiger partial charge >= 0.3 is 12.1 Å². The third-order valence-electron chi connectivity index (χ3n) is 7.39. The Hall–Kier alpha value is -5.24.